The van der Waals surface area contributed by atoms with Crippen molar-refractivity contribution in [3.05, 3.63) is 0 Å². The number of carbonyl (C=O) groups is 2. The molecule has 12 heteroatoms. The summed E-state index contributed by atoms with van der Waals surface area (Å²) < 4.78 is 64.8. The fourth-order valence-corrected chi connectivity index (χ4v) is 5.56. The van der Waals surface area contributed by atoms with Crippen molar-refractivity contribution in [3.63, 3.8) is 0 Å². The van der Waals surface area contributed by atoms with Gasteiger partial charge in [-0.25, -0.2) is 19.2 Å². The van der Waals surface area contributed by atoms with E-state index in [9.17, 15) is 27.2 Å². The van der Waals surface area contributed by atoms with Crippen molar-refractivity contribution in [1.29, 1.82) is 0 Å². The zero-order valence-electron chi connectivity index (χ0n) is 14.7. The summed E-state index contributed by atoms with van der Waals surface area (Å²) in [5, 5.41) is 6.08. The number of halogens is 4. The van der Waals surface area contributed by atoms with Gasteiger partial charge >= 0.3 is 23.1 Å². The number of hydrogen-bond donors (Lipinski definition) is 1. The number of alkyl halides is 4. The Morgan fingerprint density at radius 1 is 1.00 bits per heavy atom. The van der Waals surface area contributed by atoms with E-state index >= 15 is 0 Å². The smallest absolute Gasteiger partial charge is 0.446 e. The Balaban J connectivity index is 1.49. The standard InChI is InChI=1S/C16H20F4O7S/c17-15(16(18,19)20,28-27-26-23)13(22)24-7-12(21)25-8-14-4-9-1-10(5-14)3-11(2-9)6-14/h9-11,23H,1-8H2. The number of rotatable bonds is 8. The van der Waals surface area contributed by atoms with Crippen LogP contribution < -0.4 is 0 Å². The third kappa shape index (κ3) is 4.39. The Morgan fingerprint density at radius 2 is 1.54 bits per heavy atom. The van der Waals surface area contributed by atoms with E-state index in [1.807, 2.05) is 0 Å². The predicted molar refractivity (Wildman–Crippen MR) is 84.8 cm³/mol. The van der Waals surface area contributed by atoms with Crippen molar-refractivity contribution in [2.75, 3.05) is 13.2 Å². The van der Waals surface area contributed by atoms with E-state index in [2.05, 4.69) is 14.1 Å². The lowest BCUT2D eigenvalue weighted by atomic mass is 9.50. The minimum Gasteiger partial charge on any atom is -0.463 e. The lowest BCUT2D eigenvalue weighted by molar-refractivity contribution is -0.433. The van der Waals surface area contributed by atoms with Crippen LogP contribution in [-0.4, -0.2) is 41.6 Å². The van der Waals surface area contributed by atoms with Gasteiger partial charge in [-0.1, -0.05) is 5.04 Å². The molecule has 0 spiro atoms. The summed E-state index contributed by atoms with van der Waals surface area (Å²) in [7, 11) is 0. The highest BCUT2D eigenvalue weighted by molar-refractivity contribution is 7.96. The van der Waals surface area contributed by atoms with Gasteiger partial charge in [-0.3, -0.25) is 0 Å². The van der Waals surface area contributed by atoms with Crippen LogP contribution in [0.5, 0.6) is 0 Å². The van der Waals surface area contributed by atoms with Gasteiger partial charge in [-0.15, -0.1) is 4.33 Å². The fourth-order valence-electron chi connectivity index (χ4n) is 5.22. The van der Waals surface area contributed by atoms with Gasteiger partial charge in [-0.2, -0.15) is 13.2 Å². The Labute approximate surface area is 162 Å². The molecule has 1 atom stereocenters. The number of hydrogen-bond acceptors (Lipinski definition) is 8. The highest BCUT2D eigenvalue weighted by atomic mass is 32.2. The molecule has 160 valence electrons. The molecule has 0 heterocycles. The van der Waals surface area contributed by atoms with Crippen LogP contribution in [0.4, 0.5) is 17.6 Å². The summed E-state index contributed by atoms with van der Waals surface area (Å²) in [6, 6.07) is 0. The summed E-state index contributed by atoms with van der Waals surface area (Å²) in [5.41, 5.74) is -0.119. The third-order valence-corrected chi connectivity index (χ3v) is 6.59. The van der Waals surface area contributed by atoms with E-state index in [1.54, 1.807) is 0 Å². The summed E-state index contributed by atoms with van der Waals surface area (Å²) in [6.45, 7) is -1.06. The van der Waals surface area contributed by atoms with Crippen LogP contribution in [0.1, 0.15) is 38.5 Å². The molecule has 4 bridgehead atoms. The average Bonchev–Trinajstić information content (AvgIpc) is 2.60. The molecule has 7 nitrogen and oxygen atoms in total. The van der Waals surface area contributed by atoms with Crippen LogP contribution in [0.2, 0.25) is 0 Å². The lowest BCUT2D eigenvalue weighted by Gasteiger charge is -2.56. The molecule has 0 radical (unpaired) electrons. The normalized spacial score (nSPS) is 33.4. The van der Waals surface area contributed by atoms with Crippen molar-refractivity contribution in [2.45, 2.75) is 49.7 Å². The van der Waals surface area contributed by atoms with Crippen LogP contribution in [-0.2, 0) is 28.4 Å². The van der Waals surface area contributed by atoms with E-state index < -0.39 is 41.8 Å². The molecule has 0 aromatic heterocycles. The maximum absolute atomic E-state index is 13.9. The highest BCUT2D eigenvalue weighted by Gasteiger charge is 2.66. The maximum Gasteiger partial charge on any atom is 0.446 e. The summed E-state index contributed by atoms with van der Waals surface area (Å²) in [4.78, 5) is 23.3. The van der Waals surface area contributed by atoms with Gasteiger partial charge in [0.2, 0.25) is 0 Å². The van der Waals surface area contributed by atoms with E-state index in [0.717, 1.165) is 19.3 Å². The van der Waals surface area contributed by atoms with Gasteiger partial charge in [0, 0.05) is 5.41 Å². The predicted octanol–water partition coefficient (Wildman–Crippen LogP) is 3.59. The van der Waals surface area contributed by atoms with Gasteiger partial charge < -0.3 is 9.47 Å². The Hall–Kier alpha value is -1.11. The molecule has 4 aliphatic rings. The summed E-state index contributed by atoms with van der Waals surface area (Å²) in [5.74, 6) is -1.63. The molecular weight excluding hydrogens is 412 g/mol. The first kappa shape index (κ1) is 21.6. The number of ether oxygens (including phenoxy) is 2. The van der Waals surface area contributed by atoms with Crippen LogP contribution in [0.15, 0.2) is 0 Å². The molecule has 4 saturated carbocycles. The quantitative estimate of drug-likeness (QED) is 0.205. The Bertz CT molecular complexity index is 579. The van der Waals surface area contributed by atoms with E-state index in [0.29, 0.717) is 17.8 Å². The van der Waals surface area contributed by atoms with Crippen molar-refractivity contribution in [1.82, 2.24) is 0 Å². The zero-order chi connectivity index (χ0) is 20.6. The maximum atomic E-state index is 13.9. The van der Waals surface area contributed by atoms with Crippen LogP contribution in [0.3, 0.4) is 0 Å². The molecule has 0 aromatic carbocycles. The average molecular weight is 432 g/mol. The Kier molecular flexibility index (Phi) is 6.14. The van der Waals surface area contributed by atoms with E-state index in [-0.39, 0.29) is 12.0 Å². The minimum absolute atomic E-state index is 0.114. The van der Waals surface area contributed by atoms with Gasteiger partial charge in [0.05, 0.1) is 18.6 Å². The molecule has 4 rings (SSSR count). The zero-order valence-corrected chi connectivity index (χ0v) is 15.5. The van der Waals surface area contributed by atoms with E-state index in [1.165, 1.54) is 19.3 Å². The van der Waals surface area contributed by atoms with Gasteiger partial charge in [0.25, 0.3) is 0 Å². The molecule has 4 aliphatic carbocycles. The minimum atomic E-state index is -5.74. The van der Waals surface area contributed by atoms with Crippen molar-refractivity contribution in [2.24, 2.45) is 23.2 Å². The first-order valence-electron chi connectivity index (χ1n) is 8.81. The highest BCUT2D eigenvalue weighted by Crippen LogP contribution is 2.60. The molecule has 0 amide bonds. The first-order chi connectivity index (χ1) is 13.1. The fraction of sp³-hybridized carbons (Fsp3) is 0.875. The molecule has 0 saturated heterocycles. The molecule has 0 aliphatic heterocycles. The lowest BCUT2D eigenvalue weighted by Crippen LogP contribution is -2.49. The molecular formula is C16H20F4O7S. The molecule has 1 N–H and O–H groups in total. The van der Waals surface area contributed by atoms with E-state index in [4.69, 9.17) is 9.99 Å². The van der Waals surface area contributed by atoms with Crippen molar-refractivity contribution >= 4 is 24.0 Å². The van der Waals surface area contributed by atoms with Gasteiger partial charge in [0.1, 0.15) is 0 Å². The molecule has 1 unspecified atom stereocenters. The molecule has 0 aromatic rings. The monoisotopic (exact) mass is 432 g/mol. The number of carbonyl (C=O) groups excluding carboxylic acids is 2. The van der Waals surface area contributed by atoms with Crippen LogP contribution >= 0.6 is 12.0 Å². The second-order valence-corrected chi connectivity index (χ2v) is 8.84. The molecule has 4 fully saturated rings. The number of esters is 2. The SMILES string of the molecule is O=C(COC(=O)C(F)(SOOO)C(F)(F)F)OCC12CC3CC(CC(C3)C1)C2. The van der Waals surface area contributed by atoms with Gasteiger partial charge in [-0.05, 0) is 56.3 Å². The second kappa shape index (κ2) is 7.96. The molecule has 28 heavy (non-hydrogen) atoms. The first-order valence-corrected chi connectivity index (χ1v) is 9.55. The second-order valence-electron chi connectivity index (χ2n) is 7.97. The largest absolute Gasteiger partial charge is 0.463 e. The third-order valence-electron chi connectivity index (χ3n) is 5.83. The Morgan fingerprint density at radius 3 is 2.00 bits per heavy atom. The topological polar surface area (TPSA) is 91.3 Å². The summed E-state index contributed by atoms with van der Waals surface area (Å²) in [6.07, 6.45) is 0.680. The van der Waals surface area contributed by atoms with Crippen LogP contribution in [0.25, 0.3) is 0 Å². The van der Waals surface area contributed by atoms with Crippen LogP contribution in [0, 0.1) is 23.2 Å². The van der Waals surface area contributed by atoms with Gasteiger partial charge in [0.15, 0.2) is 6.61 Å². The van der Waals surface area contributed by atoms with Crippen molar-refractivity contribution < 1.29 is 51.3 Å². The summed E-state index contributed by atoms with van der Waals surface area (Å²) >= 11 is -1.15. The van der Waals surface area contributed by atoms with Crippen molar-refractivity contribution in [3.8, 4) is 0 Å².